The Morgan fingerprint density at radius 3 is 1.28 bits per heavy atom. The lowest BCUT2D eigenvalue weighted by Gasteiger charge is -2.36. The molecule has 4 rings (SSSR count). The van der Waals surface area contributed by atoms with Crippen LogP contribution in [0.1, 0.15) is 105 Å². The molecule has 0 spiro atoms. The van der Waals surface area contributed by atoms with Crippen LogP contribution < -0.4 is 0 Å². The van der Waals surface area contributed by atoms with Crippen molar-refractivity contribution >= 4 is 23.1 Å². The van der Waals surface area contributed by atoms with Crippen LogP contribution in [0.4, 0.5) is 0 Å². The lowest BCUT2D eigenvalue weighted by molar-refractivity contribution is -0.125. The molecule has 0 amide bonds. The number of hydrogen-bond donors (Lipinski definition) is 0. The van der Waals surface area contributed by atoms with Gasteiger partial charge in [0.25, 0.3) is 0 Å². The molecule has 0 atom stereocenters. The van der Waals surface area contributed by atoms with Crippen LogP contribution in [0, 0.1) is 10.8 Å². The highest BCUT2D eigenvalue weighted by molar-refractivity contribution is 6.22. The maximum Gasteiger partial charge on any atom is 0.168 e. The zero-order valence-electron chi connectivity index (χ0n) is 22.8. The Bertz CT molecular complexity index is 908. The topological polar surface area (TPSA) is 74.8 Å². The largest absolute Gasteiger partial charge is 0.374 e. The highest BCUT2D eigenvalue weighted by Crippen LogP contribution is 2.41. The number of carbonyl (C=O) groups is 4. The third-order valence-corrected chi connectivity index (χ3v) is 8.30. The van der Waals surface area contributed by atoms with Crippen LogP contribution in [0.2, 0.25) is 0 Å². The van der Waals surface area contributed by atoms with E-state index in [1.165, 1.54) is 0 Å². The first-order valence-corrected chi connectivity index (χ1v) is 14.1. The molecule has 2 aliphatic carbocycles. The van der Waals surface area contributed by atoms with E-state index in [2.05, 4.69) is 37.5 Å². The fraction of sp³-hybridized carbons (Fsp3) is 0.733. The fourth-order valence-corrected chi connectivity index (χ4v) is 6.54. The molecular formula is C30H44N2O4. The number of hydrogen-bond acceptors (Lipinski definition) is 6. The highest BCUT2D eigenvalue weighted by atomic mass is 16.2. The van der Waals surface area contributed by atoms with E-state index >= 15 is 0 Å². The summed E-state index contributed by atoms with van der Waals surface area (Å²) in [5.41, 5.74) is 2.51. The van der Waals surface area contributed by atoms with Crippen molar-refractivity contribution in [2.75, 3.05) is 26.2 Å². The second-order valence-electron chi connectivity index (χ2n) is 13.0. The number of Topliss-reactive ketones (excluding diaryl/α,β-unsaturated/α-hetero) is 4. The number of ketones is 4. The van der Waals surface area contributed by atoms with E-state index in [-0.39, 0.29) is 46.8 Å². The van der Waals surface area contributed by atoms with Gasteiger partial charge in [-0.05, 0) is 62.2 Å². The summed E-state index contributed by atoms with van der Waals surface area (Å²) in [4.78, 5) is 57.0. The molecule has 2 fully saturated rings. The second-order valence-corrected chi connectivity index (χ2v) is 13.0. The number of likely N-dealkylation sites (tertiary alicyclic amines) is 2. The van der Waals surface area contributed by atoms with E-state index in [1.54, 1.807) is 0 Å². The quantitative estimate of drug-likeness (QED) is 0.324. The summed E-state index contributed by atoms with van der Waals surface area (Å²) < 4.78 is 0. The van der Waals surface area contributed by atoms with Crippen molar-refractivity contribution in [2.24, 2.45) is 10.8 Å². The summed E-state index contributed by atoms with van der Waals surface area (Å²) >= 11 is 0. The molecule has 0 aromatic carbocycles. The van der Waals surface area contributed by atoms with Crippen LogP contribution in [0.25, 0.3) is 0 Å². The first-order chi connectivity index (χ1) is 17.0. The van der Waals surface area contributed by atoms with Gasteiger partial charge in [0.15, 0.2) is 23.1 Å². The van der Waals surface area contributed by atoms with Crippen LogP contribution in [0.5, 0.6) is 0 Å². The van der Waals surface area contributed by atoms with Gasteiger partial charge in [-0.3, -0.25) is 19.2 Å². The van der Waals surface area contributed by atoms with Crippen LogP contribution in [-0.2, 0) is 19.2 Å². The number of nitrogens with zero attached hydrogens (tertiary/aromatic N) is 2. The summed E-state index contributed by atoms with van der Waals surface area (Å²) in [6.45, 7) is 12.1. The van der Waals surface area contributed by atoms with E-state index in [0.29, 0.717) is 36.8 Å². The standard InChI is InChI=1S/C30H44N2O4/c1-29(2)17-21(31-13-7-8-14-31)27(25(35)19-29)23(33)11-5-6-12-24(34)28-22(32-15-9-10-16-32)18-30(3,4)20-26(28)36/h5-20H2,1-4H3. The predicted molar refractivity (Wildman–Crippen MR) is 140 cm³/mol. The van der Waals surface area contributed by atoms with E-state index in [4.69, 9.17) is 0 Å². The van der Waals surface area contributed by atoms with E-state index in [9.17, 15) is 19.2 Å². The summed E-state index contributed by atoms with van der Waals surface area (Å²) in [5, 5.41) is 0. The minimum atomic E-state index is -0.118. The maximum atomic E-state index is 13.2. The molecule has 6 nitrogen and oxygen atoms in total. The molecule has 2 heterocycles. The Labute approximate surface area is 216 Å². The van der Waals surface area contributed by atoms with Crippen LogP contribution in [0.15, 0.2) is 22.5 Å². The monoisotopic (exact) mass is 496 g/mol. The predicted octanol–water partition coefficient (Wildman–Crippen LogP) is 5.16. The Balaban J connectivity index is 1.40. The summed E-state index contributed by atoms with van der Waals surface area (Å²) in [6.07, 6.45) is 8.46. The van der Waals surface area contributed by atoms with Crippen LogP contribution in [0.3, 0.4) is 0 Å². The van der Waals surface area contributed by atoms with Gasteiger partial charge in [0.05, 0.1) is 11.1 Å². The molecule has 0 bridgehead atoms. The molecule has 198 valence electrons. The lowest BCUT2D eigenvalue weighted by atomic mass is 9.74. The molecular weight excluding hydrogens is 452 g/mol. The number of carbonyl (C=O) groups excluding carboxylic acids is 4. The summed E-state index contributed by atoms with van der Waals surface area (Å²) in [6, 6.07) is 0. The van der Waals surface area contributed by atoms with Gasteiger partial charge in [-0.1, -0.05) is 27.7 Å². The molecule has 0 N–H and O–H groups in total. The molecule has 0 radical (unpaired) electrons. The molecule has 0 unspecified atom stereocenters. The molecule has 0 saturated carbocycles. The van der Waals surface area contributed by atoms with Crippen LogP contribution in [-0.4, -0.2) is 59.1 Å². The smallest absolute Gasteiger partial charge is 0.168 e. The van der Waals surface area contributed by atoms with E-state index in [0.717, 1.165) is 76.1 Å². The third-order valence-electron chi connectivity index (χ3n) is 8.30. The van der Waals surface area contributed by atoms with Crippen molar-refractivity contribution in [3.8, 4) is 0 Å². The Morgan fingerprint density at radius 1 is 0.611 bits per heavy atom. The molecule has 2 saturated heterocycles. The first-order valence-electron chi connectivity index (χ1n) is 14.1. The van der Waals surface area contributed by atoms with E-state index in [1.807, 2.05) is 0 Å². The van der Waals surface area contributed by atoms with Gasteiger partial charge < -0.3 is 9.80 Å². The normalized spacial score (nSPS) is 24.2. The average Bonchev–Trinajstić information content (AvgIpc) is 3.48. The SMILES string of the molecule is CC1(C)CC(=O)C(C(=O)CCCCC(=O)C2=C(N3CCCC3)CC(C)(C)CC2=O)=C(N2CCCC2)C1. The van der Waals surface area contributed by atoms with Crippen molar-refractivity contribution < 1.29 is 19.2 Å². The first kappa shape index (κ1) is 26.8. The lowest BCUT2D eigenvalue weighted by Crippen LogP contribution is -2.35. The van der Waals surface area contributed by atoms with E-state index < -0.39 is 0 Å². The summed E-state index contributed by atoms with van der Waals surface area (Å²) in [5.74, 6) is -0.190. The van der Waals surface area contributed by atoms with Gasteiger partial charge in [0.2, 0.25) is 0 Å². The van der Waals surface area contributed by atoms with Crippen molar-refractivity contribution in [2.45, 2.75) is 105 Å². The molecule has 36 heavy (non-hydrogen) atoms. The molecule has 0 aromatic heterocycles. The highest BCUT2D eigenvalue weighted by Gasteiger charge is 2.39. The Hall–Kier alpha value is -2.24. The third kappa shape index (κ3) is 6.00. The maximum absolute atomic E-state index is 13.2. The average molecular weight is 497 g/mol. The molecule has 0 aromatic rings. The van der Waals surface area contributed by atoms with Crippen molar-refractivity contribution in [1.82, 2.24) is 9.80 Å². The fourth-order valence-electron chi connectivity index (χ4n) is 6.54. The van der Waals surface area contributed by atoms with Gasteiger partial charge in [0.1, 0.15) is 0 Å². The zero-order chi connectivity index (χ0) is 26.1. The minimum absolute atomic E-state index is 0.0231. The van der Waals surface area contributed by atoms with Gasteiger partial charge in [0, 0.05) is 63.3 Å². The minimum Gasteiger partial charge on any atom is -0.374 e. The van der Waals surface area contributed by atoms with Crippen molar-refractivity contribution in [1.29, 1.82) is 0 Å². The second kappa shape index (κ2) is 10.6. The number of rotatable bonds is 9. The Morgan fingerprint density at radius 2 is 0.944 bits per heavy atom. The molecule has 4 aliphatic rings. The zero-order valence-corrected chi connectivity index (χ0v) is 22.8. The number of allylic oxidation sites excluding steroid dienone is 4. The van der Waals surface area contributed by atoms with Gasteiger partial charge in [-0.2, -0.15) is 0 Å². The number of unbranched alkanes of at least 4 members (excludes halogenated alkanes) is 1. The molecule has 2 aliphatic heterocycles. The molecule has 6 heteroatoms. The van der Waals surface area contributed by atoms with Crippen molar-refractivity contribution in [3.63, 3.8) is 0 Å². The van der Waals surface area contributed by atoms with Gasteiger partial charge in [-0.25, -0.2) is 0 Å². The summed E-state index contributed by atoms with van der Waals surface area (Å²) in [7, 11) is 0. The van der Waals surface area contributed by atoms with Gasteiger partial charge in [-0.15, -0.1) is 0 Å². The van der Waals surface area contributed by atoms with Gasteiger partial charge >= 0.3 is 0 Å². The van der Waals surface area contributed by atoms with Crippen LogP contribution >= 0.6 is 0 Å². The van der Waals surface area contributed by atoms with Crippen molar-refractivity contribution in [3.05, 3.63) is 22.5 Å². The Kier molecular flexibility index (Phi) is 7.92.